The van der Waals surface area contributed by atoms with E-state index in [0.717, 1.165) is 13.0 Å². The van der Waals surface area contributed by atoms with Gasteiger partial charge in [-0.25, -0.2) is 0 Å². The van der Waals surface area contributed by atoms with E-state index < -0.39 is 0 Å². The van der Waals surface area contributed by atoms with Gasteiger partial charge >= 0.3 is 0 Å². The Hall–Kier alpha value is -0.600. The summed E-state index contributed by atoms with van der Waals surface area (Å²) in [6.07, 6.45) is 14.0. The van der Waals surface area contributed by atoms with Crippen LogP contribution in [0, 0.1) is 0 Å². The first-order valence-corrected chi connectivity index (χ1v) is 7.81. The van der Waals surface area contributed by atoms with Gasteiger partial charge in [-0.15, -0.1) is 6.58 Å². The van der Waals surface area contributed by atoms with E-state index in [4.69, 9.17) is 4.74 Å². The average molecular weight is 267 g/mol. The lowest BCUT2D eigenvalue weighted by Crippen LogP contribution is -2.26. The zero-order valence-electron chi connectivity index (χ0n) is 13.2. The molecule has 0 saturated heterocycles. The highest BCUT2D eigenvalue weighted by atomic mass is 16.5. The number of rotatable bonds is 13. The highest BCUT2D eigenvalue weighted by Crippen LogP contribution is 2.03. The fourth-order valence-corrected chi connectivity index (χ4v) is 2.12. The normalized spacial score (nSPS) is 13.3. The van der Waals surface area contributed by atoms with E-state index in [0.29, 0.717) is 0 Å². The molecule has 0 rings (SSSR count). The average Bonchev–Trinajstić information content (AvgIpc) is 2.43. The molecule has 0 aliphatic heterocycles. The van der Waals surface area contributed by atoms with Crippen molar-refractivity contribution in [3.8, 4) is 0 Å². The number of unbranched alkanes of at least 4 members (excludes halogenated alkanes) is 3. The summed E-state index contributed by atoms with van der Waals surface area (Å²) in [5, 5.41) is 0. The fourth-order valence-electron chi connectivity index (χ4n) is 2.12. The van der Waals surface area contributed by atoms with Crippen molar-refractivity contribution in [2.24, 2.45) is 0 Å². The van der Waals surface area contributed by atoms with E-state index in [2.05, 4.69) is 37.5 Å². The largest absolute Gasteiger partial charge is 0.377 e. The topological polar surface area (TPSA) is 12.5 Å². The molecule has 0 aromatic heterocycles. The molecule has 0 fully saturated rings. The Morgan fingerprint density at radius 3 is 2.42 bits per heavy atom. The number of nitrogens with zero attached hydrogens (tertiary/aromatic N) is 1. The molecule has 0 radical (unpaired) electrons. The first-order chi connectivity index (χ1) is 9.28. The minimum atomic E-state index is 0.153. The highest BCUT2D eigenvalue weighted by molar-refractivity contribution is 4.92. The summed E-state index contributed by atoms with van der Waals surface area (Å²) in [5.41, 5.74) is 0. The summed E-state index contributed by atoms with van der Waals surface area (Å²) in [4.78, 5) is 2.54. The summed E-state index contributed by atoms with van der Waals surface area (Å²) in [6.45, 7) is 11.8. The number of ether oxygens (including phenoxy) is 1. The Morgan fingerprint density at radius 2 is 1.84 bits per heavy atom. The molecule has 0 aliphatic rings. The van der Waals surface area contributed by atoms with Crippen LogP contribution in [-0.4, -0.2) is 37.7 Å². The monoisotopic (exact) mass is 267 g/mol. The van der Waals surface area contributed by atoms with Gasteiger partial charge in [0.15, 0.2) is 0 Å². The minimum absolute atomic E-state index is 0.153. The molecular weight excluding hydrogens is 234 g/mol. The van der Waals surface area contributed by atoms with Crippen molar-refractivity contribution in [3.63, 3.8) is 0 Å². The van der Waals surface area contributed by atoms with E-state index in [1.807, 2.05) is 6.08 Å². The Morgan fingerprint density at radius 1 is 1.05 bits per heavy atom. The second kappa shape index (κ2) is 13.8. The van der Waals surface area contributed by atoms with Gasteiger partial charge in [0.25, 0.3) is 0 Å². The lowest BCUT2D eigenvalue weighted by Gasteiger charge is -2.19. The van der Waals surface area contributed by atoms with Crippen molar-refractivity contribution in [1.29, 1.82) is 0 Å². The van der Waals surface area contributed by atoms with E-state index >= 15 is 0 Å². The predicted molar refractivity (Wildman–Crippen MR) is 85.6 cm³/mol. The third-order valence-electron chi connectivity index (χ3n) is 3.33. The summed E-state index contributed by atoms with van der Waals surface area (Å²) < 4.78 is 5.26. The summed E-state index contributed by atoms with van der Waals surface area (Å²) in [6, 6.07) is 0. The molecule has 1 atom stereocenters. The maximum Gasteiger partial charge on any atom is 0.0783 e. The van der Waals surface area contributed by atoms with Crippen LogP contribution in [0.2, 0.25) is 0 Å². The van der Waals surface area contributed by atoms with Crippen LogP contribution in [0.5, 0.6) is 0 Å². The molecular formula is C17H33NO. The minimum Gasteiger partial charge on any atom is -0.377 e. The molecule has 0 aromatic carbocycles. The highest BCUT2D eigenvalue weighted by Gasteiger charge is 2.01. The first-order valence-electron chi connectivity index (χ1n) is 7.81. The second-order valence-electron chi connectivity index (χ2n) is 5.08. The maximum atomic E-state index is 5.26. The number of hydrogen-bond donors (Lipinski definition) is 0. The second-order valence-corrected chi connectivity index (χ2v) is 5.08. The van der Waals surface area contributed by atoms with E-state index in [9.17, 15) is 0 Å². The van der Waals surface area contributed by atoms with Gasteiger partial charge in [-0.2, -0.15) is 0 Å². The van der Waals surface area contributed by atoms with E-state index in [1.165, 1.54) is 45.2 Å². The number of hydrogen-bond acceptors (Lipinski definition) is 2. The van der Waals surface area contributed by atoms with Gasteiger partial charge < -0.3 is 4.74 Å². The zero-order valence-corrected chi connectivity index (χ0v) is 13.2. The molecule has 112 valence electrons. The van der Waals surface area contributed by atoms with Crippen molar-refractivity contribution in [3.05, 3.63) is 24.8 Å². The van der Waals surface area contributed by atoms with Gasteiger partial charge in [0.1, 0.15) is 0 Å². The van der Waals surface area contributed by atoms with Gasteiger partial charge in [0.05, 0.1) is 6.10 Å². The molecule has 2 nitrogen and oxygen atoms in total. The lowest BCUT2D eigenvalue weighted by molar-refractivity contribution is 0.144. The van der Waals surface area contributed by atoms with Gasteiger partial charge in [-0.3, -0.25) is 4.90 Å². The van der Waals surface area contributed by atoms with Crippen LogP contribution in [0.15, 0.2) is 24.8 Å². The molecule has 1 unspecified atom stereocenters. The standard InChI is InChI=1S/C17H33NO/c1-5-8-9-11-15-18(14-6-2)16-12-10-13-17(7-3)19-4/h7,10,12,17H,3,5-6,8-9,11,13-16H2,1-2,4H3/b12-10+. The Bertz CT molecular complexity index is 225. The molecule has 0 aromatic rings. The SMILES string of the molecule is C=CC(C/C=C/CN(CCC)CCCCCC)OC. The molecule has 2 heteroatoms. The molecule has 19 heavy (non-hydrogen) atoms. The molecule has 0 aliphatic carbocycles. The van der Waals surface area contributed by atoms with Crippen LogP contribution in [0.25, 0.3) is 0 Å². The van der Waals surface area contributed by atoms with Crippen LogP contribution in [-0.2, 0) is 4.74 Å². The lowest BCUT2D eigenvalue weighted by atomic mass is 10.2. The molecule has 0 N–H and O–H groups in total. The maximum absolute atomic E-state index is 5.26. The van der Waals surface area contributed by atoms with Crippen molar-refractivity contribution in [2.75, 3.05) is 26.7 Å². The van der Waals surface area contributed by atoms with Gasteiger partial charge in [-0.05, 0) is 32.4 Å². The smallest absolute Gasteiger partial charge is 0.0783 e. The van der Waals surface area contributed by atoms with Gasteiger partial charge in [0.2, 0.25) is 0 Å². The number of methoxy groups -OCH3 is 1. The molecule has 0 heterocycles. The summed E-state index contributed by atoms with van der Waals surface area (Å²) in [5.74, 6) is 0. The first kappa shape index (κ1) is 18.4. The van der Waals surface area contributed by atoms with E-state index in [-0.39, 0.29) is 6.10 Å². The van der Waals surface area contributed by atoms with Crippen LogP contribution >= 0.6 is 0 Å². The van der Waals surface area contributed by atoms with Crippen molar-refractivity contribution in [2.45, 2.75) is 58.5 Å². The van der Waals surface area contributed by atoms with Crippen molar-refractivity contribution >= 4 is 0 Å². The van der Waals surface area contributed by atoms with Crippen molar-refractivity contribution < 1.29 is 4.74 Å². The Kier molecular flexibility index (Phi) is 13.4. The summed E-state index contributed by atoms with van der Waals surface area (Å²) in [7, 11) is 1.73. The molecule has 0 bridgehead atoms. The van der Waals surface area contributed by atoms with E-state index in [1.54, 1.807) is 7.11 Å². The Labute approximate surface area is 120 Å². The van der Waals surface area contributed by atoms with Crippen LogP contribution < -0.4 is 0 Å². The third kappa shape index (κ3) is 11.0. The van der Waals surface area contributed by atoms with Crippen LogP contribution in [0.4, 0.5) is 0 Å². The van der Waals surface area contributed by atoms with Crippen LogP contribution in [0.1, 0.15) is 52.4 Å². The summed E-state index contributed by atoms with van der Waals surface area (Å²) >= 11 is 0. The van der Waals surface area contributed by atoms with Crippen LogP contribution in [0.3, 0.4) is 0 Å². The predicted octanol–water partition coefficient (Wildman–Crippen LogP) is 4.43. The molecule has 0 saturated carbocycles. The quantitative estimate of drug-likeness (QED) is 0.362. The Balaban J connectivity index is 3.85. The third-order valence-corrected chi connectivity index (χ3v) is 3.33. The molecule has 0 spiro atoms. The molecule has 0 amide bonds. The van der Waals surface area contributed by atoms with Gasteiger partial charge in [0, 0.05) is 13.7 Å². The zero-order chi connectivity index (χ0) is 14.3. The fraction of sp³-hybridized carbons (Fsp3) is 0.765. The van der Waals surface area contributed by atoms with Gasteiger partial charge in [-0.1, -0.05) is 51.3 Å². The van der Waals surface area contributed by atoms with Crippen molar-refractivity contribution in [1.82, 2.24) is 4.90 Å².